The Morgan fingerprint density at radius 1 is 1.05 bits per heavy atom. The average Bonchev–Trinajstić information content (AvgIpc) is 2.45. The molecule has 0 aromatic heterocycles. The number of rotatable bonds is 3. The summed E-state index contributed by atoms with van der Waals surface area (Å²) in [7, 11) is 0. The Hall–Kier alpha value is -2.17. The van der Waals surface area contributed by atoms with Crippen molar-refractivity contribution < 1.29 is 9.72 Å². The first-order chi connectivity index (χ1) is 10.2. The molecule has 0 aliphatic carbocycles. The minimum Gasteiger partial charge on any atom is -0.339 e. The number of hydrogen-bond acceptors (Lipinski definition) is 3. The van der Waals surface area contributed by atoms with Gasteiger partial charge in [0.25, 0.3) is 5.69 Å². The lowest BCUT2D eigenvalue weighted by molar-refractivity contribution is -0.384. The Bertz CT molecular complexity index is 515. The molecule has 0 atom stereocenters. The summed E-state index contributed by atoms with van der Waals surface area (Å²) >= 11 is 0. The molecular weight excluding hydrogens is 268 g/mol. The first kappa shape index (κ1) is 15.2. The Kier molecular flexibility index (Phi) is 5.49. The summed E-state index contributed by atoms with van der Waals surface area (Å²) in [6.45, 7) is 1.65. The molecule has 1 aromatic rings. The number of likely N-dealkylation sites (tertiary alicyclic amines) is 1. The molecule has 5 nitrogen and oxygen atoms in total. The van der Waals surface area contributed by atoms with E-state index in [1.54, 1.807) is 24.3 Å². The van der Waals surface area contributed by atoms with Crippen LogP contribution in [0.2, 0.25) is 0 Å². The molecule has 0 saturated carbocycles. The molecule has 1 heterocycles. The summed E-state index contributed by atoms with van der Waals surface area (Å²) in [5.74, 6) is 0.0234. The van der Waals surface area contributed by atoms with E-state index in [1.165, 1.54) is 31.4 Å². The summed E-state index contributed by atoms with van der Waals surface area (Å²) in [6, 6.07) is 6.19. The van der Waals surface area contributed by atoms with Gasteiger partial charge in [0.2, 0.25) is 5.91 Å². The van der Waals surface area contributed by atoms with Crippen LogP contribution in [0.4, 0.5) is 5.69 Å². The molecule has 0 bridgehead atoms. The van der Waals surface area contributed by atoms with E-state index in [0.717, 1.165) is 31.5 Å². The predicted molar refractivity (Wildman–Crippen MR) is 81.8 cm³/mol. The minimum atomic E-state index is -0.432. The number of hydrogen-bond donors (Lipinski definition) is 0. The zero-order valence-electron chi connectivity index (χ0n) is 12.0. The largest absolute Gasteiger partial charge is 0.339 e. The maximum atomic E-state index is 12.1. The first-order valence-electron chi connectivity index (χ1n) is 7.38. The van der Waals surface area contributed by atoms with Crippen LogP contribution in [0, 0.1) is 10.1 Å². The number of benzene rings is 1. The Labute approximate surface area is 124 Å². The molecule has 0 unspecified atom stereocenters. The summed E-state index contributed by atoms with van der Waals surface area (Å²) in [5.41, 5.74) is 0.850. The Morgan fingerprint density at radius 3 is 2.19 bits per heavy atom. The maximum absolute atomic E-state index is 12.1. The van der Waals surface area contributed by atoms with Crippen LogP contribution < -0.4 is 0 Å². The summed E-state index contributed by atoms with van der Waals surface area (Å²) in [5, 5.41) is 10.6. The van der Waals surface area contributed by atoms with Crippen molar-refractivity contribution in [2.24, 2.45) is 0 Å². The van der Waals surface area contributed by atoms with Crippen molar-refractivity contribution in [2.45, 2.75) is 32.1 Å². The lowest BCUT2D eigenvalue weighted by atomic mass is 10.1. The van der Waals surface area contributed by atoms with Crippen LogP contribution in [0.5, 0.6) is 0 Å². The van der Waals surface area contributed by atoms with Crippen molar-refractivity contribution in [2.75, 3.05) is 13.1 Å². The fourth-order valence-electron chi connectivity index (χ4n) is 2.45. The van der Waals surface area contributed by atoms with E-state index >= 15 is 0 Å². The van der Waals surface area contributed by atoms with Crippen LogP contribution in [-0.2, 0) is 4.79 Å². The quantitative estimate of drug-likeness (QED) is 0.486. The third kappa shape index (κ3) is 4.70. The van der Waals surface area contributed by atoms with Gasteiger partial charge in [-0.15, -0.1) is 0 Å². The normalized spacial score (nSPS) is 16.5. The van der Waals surface area contributed by atoms with Crippen LogP contribution >= 0.6 is 0 Å². The standard InChI is InChI=1S/C16H20N2O3/c19-16(17-12-4-2-1-3-5-13-17)11-8-14-6-9-15(10-7-14)18(20)21/h6-11H,1-5,12-13H2/b11-8+. The molecule has 1 aliphatic heterocycles. The van der Waals surface area contributed by atoms with Crippen molar-refractivity contribution in [3.05, 3.63) is 46.0 Å². The fourth-order valence-corrected chi connectivity index (χ4v) is 2.45. The third-order valence-corrected chi connectivity index (χ3v) is 3.69. The number of nitro benzene ring substituents is 1. The van der Waals surface area contributed by atoms with Gasteiger partial charge in [0.1, 0.15) is 0 Å². The van der Waals surface area contributed by atoms with Gasteiger partial charge in [-0.2, -0.15) is 0 Å². The van der Waals surface area contributed by atoms with Crippen molar-refractivity contribution >= 4 is 17.7 Å². The number of amides is 1. The lowest BCUT2D eigenvalue weighted by Gasteiger charge is -2.23. The highest BCUT2D eigenvalue weighted by atomic mass is 16.6. The number of nitrogens with zero attached hydrogens (tertiary/aromatic N) is 2. The van der Waals surface area contributed by atoms with E-state index in [0.29, 0.717) is 0 Å². The summed E-state index contributed by atoms with van der Waals surface area (Å²) < 4.78 is 0. The van der Waals surface area contributed by atoms with Gasteiger partial charge in [-0.3, -0.25) is 14.9 Å². The second-order valence-corrected chi connectivity index (χ2v) is 5.28. The molecule has 0 spiro atoms. The fraction of sp³-hybridized carbons (Fsp3) is 0.438. The van der Waals surface area contributed by atoms with Gasteiger partial charge in [-0.25, -0.2) is 0 Å². The number of carbonyl (C=O) groups is 1. The molecule has 1 amide bonds. The van der Waals surface area contributed by atoms with E-state index in [-0.39, 0.29) is 11.6 Å². The van der Waals surface area contributed by atoms with E-state index in [4.69, 9.17) is 0 Å². The van der Waals surface area contributed by atoms with Crippen LogP contribution in [0.3, 0.4) is 0 Å². The molecular formula is C16H20N2O3. The van der Waals surface area contributed by atoms with Crippen molar-refractivity contribution in [1.29, 1.82) is 0 Å². The Balaban J connectivity index is 1.95. The molecule has 112 valence electrons. The summed E-state index contributed by atoms with van der Waals surface area (Å²) in [4.78, 5) is 24.2. The van der Waals surface area contributed by atoms with Gasteiger partial charge in [0.15, 0.2) is 0 Å². The highest BCUT2D eigenvalue weighted by Gasteiger charge is 2.12. The minimum absolute atomic E-state index is 0.0234. The van der Waals surface area contributed by atoms with E-state index in [2.05, 4.69) is 0 Å². The zero-order chi connectivity index (χ0) is 15.1. The lowest BCUT2D eigenvalue weighted by Crippen LogP contribution is -2.32. The van der Waals surface area contributed by atoms with Crippen LogP contribution in [-0.4, -0.2) is 28.8 Å². The van der Waals surface area contributed by atoms with Crippen molar-refractivity contribution in [3.63, 3.8) is 0 Å². The maximum Gasteiger partial charge on any atom is 0.269 e. The SMILES string of the molecule is O=C(/C=C/c1ccc([N+](=O)[O-])cc1)N1CCCCCCC1. The molecule has 21 heavy (non-hydrogen) atoms. The first-order valence-corrected chi connectivity index (χ1v) is 7.38. The predicted octanol–water partition coefficient (Wildman–Crippen LogP) is 3.40. The topological polar surface area (TPSA) is 63.4 Å². The van der Waals surface area contributed by atoms with Gasteiger partial charge >= 0.3 is 0 Å². The van der Waals surface area contributed by atoms with E-state index < -0.39 is 4.92 Å². The summed E-state index contributed by atoms with van der Waals surface area (Å²) in [6.07, 6.45) is 9.05. The van der Waals surface area contributed by atoms with E-state index in [9.17, 15) is 14.9 Å². The monoisotopic (exact) mass is 288 g/mol. The van der Waals surface area contributed by atoms with Gasteiger partial charge < -0.3 is 4.90 Å². The van der Waals surface area contributed by atoms with Crippen molar-refractivity contribution in [3.8, 4) is 0 Å². The number of carbonyl (C=O) groups excluding carboxylic acids is 1. The van der Waals surface area contributed by atoms with Crippen LogP contribution in [0.25, 0.3) is 6.08 Å². The molecule has 0 N–H and O–H groups in total. The molecule has 1 aromatic carbocycles. The average molecular weight is 288 g/mol. The van der Waals surface area contributed by atoms with E-state index in [1.807, 2.05) is 4.90 Å². The van der Waals surface area contributed by atoms with Gasteiger partial charge in [-0.05, 0) is 36.6 Å². The van der Waals surface area contributed by atoms with Crippen LogP contribution in [0.15, 0.2) is 30.3 Å². The highest BCUT2D eigenvalue weighted by molar-refractivity contribution is 5.91. The molecule has 1 fully saturated rings. The van der Waals surface area contributed by atoms with Gasteiger partial charge in [-0.1, -0.05) is 19.3 Å². The van der Waals surface area contributed by atoms with Gasteiger partial charge in [0.05, 0.1) is 4.92 Å². The third-order valence-electron chi connectivity index (χ3n) is 3.69. The molecule has 5 heteroatoms. The molecule has 1 aliphatic rings. The molecule has 1 saturated heterocycles. The second-order valence-electron chi connectivity index (χ2n) is 5.28. The second kappa shape index (κ2) is 7.57. The molecule has 0 radical (unpaired) electrons. The zero-order valence-corrected chi connectivity index (χ0v) is 12.0. The Morgan fingerprint density at radius 2 is 1.62 bits per heavy atom. The van der Waals surface area contributed by atoms with Gasteiger partial charge in [0, 0.05) is 31.3 Å². The smallest absolute Gasteiger partial charge is 0.269 e. The van der Waals surface area contributed by atoms with Crippen LogP contribution in [0.1, 0.15) is 37.7 Å². The number of non-ortho nitro benzene ring substituents is 1. The number of nitro groups is 1. The highest BCUT2D eigenvalue weighted by Crippen LogP contribution is 2.14. The molecule has 2 rings (SSSR count). The van der Waals surface area contributed by atoms with Crippen molar-refractivity contribution in [1.82, 2.24) is 4.90 Å².